The molecule has 0 aromatic heterocycles. The average molecular weight is 424 g/mol. The van der Waals surface area contributed by atoms with Crippen LogP contribution >= 0.6 is 0 Å². The molecular weight excluding hydrogens is 396 g/mol. The topological polar surface area (TPSA) is 95.9 Å². The highest BCUT2D eigenvalue weighted by atomic mass is 16.5. The molecule has 3 rings (SSSR count). The highest BCUT2D eigenvalue weighted by molar-refractivity contribution is 5.81. The molecule has 0 fully saturated rings. The van der Waals surface area contributed by atoms with Crippen LogP contribution in [0.5, 0.6) is 0 Å². The van der Waals surface area contributed by atoms with Gasteiger partial charge in [0.05, 0.1) is 0 Å². The Labute approximate surface area is 182 Å². The van der Waals surface area contributed by atoms with E-state index in [2.05, 4.69) is 29.6 Å². The van der Waals surface area contributed by atoms with Crippen LogP contribution in [0.25, 0.3) is 11.1 Å². The lowest BCUT2D eigenvalue weighted by molar-refractivity contribution is -0.145. The summed E-state index contributed by atoms with van der Waals surface area (Å²) in [6.45, 7) is 3.74. The van der Waals surface area contributed by atoms with Crippen molar-refractivity contribution >= 4 is 18.0 Å². The minimum absolute atomic E-state index is 0.00431. The number of carbonyl (C=O) groups excluding carboxylic acids is 2. The molecule has 31 heavy (non-hydrogen) atoms. The smallest absolute Gasteiger partial charge is 0.407 e. The molecule has 2 aromatic rings. The predicted molar refractivity (Wildman–Crippen MR) is 117 cm³/mol. The van der Waals surface area contributed by atoms with E-state index in [4.69, 9.17) is 9.84 Å². The number of ether oxygens (including phenoxy) is 1. The summed E-state index contributed by atoms with van der Waals surface area (Å²) in [4.78, 5) is 36.6. The lowest BCUT2D eigenvalue weighted by Crippen LogP contribution is -2.40. The Morgan fingerprint density at radius 2 is 1.61 bits per heavy atom. The number of carboxylic acids is 1. The van der Waals surface area contributed by atoms with Crippen LogP contribution in [0.1, 0.15) is 43.7 Å². The van der Waals surface area contributed by atoms with Crippen molar-refractivity contribution in [1.82, 2.24) is 10.2 Å². The maximum absolute atomic E-state index is 12.2. The van der Waals surface area contributed by atoms with Gasteiger partial charge in [0.25, 0.3) is 0 Å². The first-order chi connectivity index (χ1) is 14.9. The normalized spacial score (nSPS) is 12.2. The lowest BCUT2D eigenvalue weighted by atomic mass is 9.98. The Hall–Kier alpha value is -3.35. The molecule has 7 heteroatoms. The number of carbonyl (C=O) groups is 3. The fraction of sp³-hybridized carbons (Fsp3) is 0.375. The van der Waals surface area contributed by atoms with E-state index in [0.29, 0.717) is 6.42 Å². The molecule has 1 aliphatic rings. The minimum atomic E-state index is -1.04. The van der Waals surface area contributed by atoms with E-state index >= 15 is 0 Å². The number of carboxylic acid groups (broad SMARTS) is 1. The summed E-state index contributed by atoms with van der Waals surface area (Å²) >= 11 is 0. The van der Waals surface area contributed by atoms with E-state index in [1.54, 1.807) is 13.8 Å². The van der Waals surface area contributed by atoms with Crippen molar-refractivity contribution in [2.24, 2.45) is 0 Å². The van der Waals surface area contributed by atoms with Gasteiger partial charge in [-0.3, -0.25) is 9.59 Å². The fourth-order valence-corrected chi connectivity index (χ4v) is 3.93. The zero-order chi connectivity index (χ0) is 22.4. The molecule has 164 valence electrons. The first-order valence-corrected chi connectivity index (χ1v) is 10.5. The number of nitrogens with one attached hydrogen (secondary N) is 1. The molecular formula is C24H28N2O5. The van der Waals surface area contributed by atoms with Crippen LogP contribution in [0.15, 0.2) is 48.5 Å². The second-order valence-electron chi connectivity index (χ2n) is 7.87. The molecule has 0 spiro atoms. The van der Waals surface area contributed by atoms with Crippen molar-refractivity contribution in [2.45, 2.75) is 38.6 Å². The van der Waals surface area contributed by atoms with Crippen LogP contribution in [-0.2, 0) is 14.3 Å². The Morgan fingerprint density at radius 1 is 1.03 bits per heavy atom. The van der Waals surface area contributed by atoms with E-state index in [1.807, 2.05) is 24.3 Å². The fourth-order valence-electron chi connectivity index (χ4n) is 3.93. The highest BCUT2D eigenvalue weighted by Crippen LogP contribution is 2.44. The van der Waals surface area contributed by atoms with E-state index in [9.17, 15) is 14.4 Å². The molecule has 1 aliphatic carbocycles. The highest BCUT2D eigenvalue weighted by Gasteiger charge is 2.29. The molecule has 0 saturated carbocycles. The van der Waals surface area contributed by atoms with Gasteiger partial charge in [0.2, 0.25) is 5.91 Å². The van der Waals surface area contributed by atoms with Crippen LogP contribution < -0.4 is 5.32 Å². The first kappa shape index (κ1) is 22.3. The quantitative estimate of drug-likeness (QED) is 0.600. The molecule has 2 N–H and O–H groups in total. The molecule has 0 atom stereocenters. The van der Waals surface area contributed by atoms with Crippen LogP contribution in [0.4, 0.5) is 4.79 Å². The largest absolute Gasteiger partial charge is 0.480 e. The Morgan fingerprint density at radius 3 is 2.16 bits per heavy atom. The third-order valence-corrected chi connectivity index (χ3v) is 5.43. The summed E-state index contributed by atoms with van der Waals surface area (Å²) in [5.74, 6) is -1.29. The zero-order valence-corrected chi connectivity index (χ0v) is 17.8. The van der Waals surface area contributed by atoms with Crippen molar-refractivity contribution in [3.05, 3.63) is 59.7 Å². The second-order valence-corrected chi connectivity index (χ2v) is 7.87. The van der Waals surface area contributed by atoms with Gasteiger partial charge in [-0.25, -0.2) is 4.79 Å². The van der Waals surface area contributed by atoms with Crippen LogP contribution in [0.2, 0.25) is 0 Å². The summed E-state index contributed by atoms with van der Waals surface area (Å²) in [6.07, 6.45) is 0.0432. The Balaban J connectivity index is 1.46. The van der Waals surface area contributed by atoms with E-state index < -0.39 is 12.1 Å². The number of benzene rings is 2. The van der Waals surface area contributed by atoms with Gasteiger partial charge >= 0.3 is 12.1 Å². The summed E-state index contributed by atoms with van der Waals surface area (Å²) in [5, 5.41) is 11.6. The van der Waals surface area contributed by atoms with Crippen LogP contribution in [0.3, 0.4) is 0 Å². The van der Waals surface area contributed by atoms with Crippen molar-refractivity contribution in [1.29, 1.82) is 0 Å². The molecule has 0 bridgehead atoms. The summed E-state index contributed by atoms with van der Waals surface area (Å²) in [6, 6.07) is 16.1. The molecule has 2 aromatic carbocycles. The Bertz CT molecular complexity index is 911. The first-order valence-electron chi connectivity index (χ1n) is 10.5. The number of hydrogen-bond acceptors (Lipinski definition) is 4. The van der Waals surface area contributed by atoms with Gasteiger partial charge in [-0.2, -0.15) is 0 Å². The summed E-state index contributed by atoms with van der Waals surface area (Å²) < 4.78 is 5.46. The number of rotatable bonds is 9. The van der Waals surface area contributed by atoms with Gasteiger partial charge < -0.3 is 20.1 Å². The number of hydrogen-bond donors (Lipinski definition) is 2. The molecule has 0 saturated heterocycles. The molecule has 0 aliphatic heterocycles. The third-order valence-electron chi connectivity index (χ3n) is 5.43. The van der Waals surface area contributed by atoms with Gasteiger partial charge in [0.15, 0.2) is 0 Å². The van der Waals surface area contributed by atoms with Gasteiger partial charge in [0.1, 0.15) is 13.2 Å². The minimum Gasteiger partial charge on any atom is -0.480 e. The second kappa shape index (κ2) is 10.1. The number of nitrogens with zero attached hydrogens (tertiary/aromatic N) is 1. The summed E-state index contributed by atoms with van der Waals surface area (Å²) in [7, 11) is 0. The third kappa shape index (κ3) is 5.42. The number of amides is 2. The SMILES string of the molecule is CC(C)N(CC(=O)O)C(=O)CCCNC(=O)OCC1c2ccccc2-c2ccccc21. The number of aliphatic carboxylic acids is 1. The molecule has 0 heterocycles. The number of alkyl carbamates (subject to hydrolysis) is 1. The molecule has 7 nitrogen and oxygen atoms in total. The standard InChI is InChI=1S/C24H28N2O5/c1-16(2)26(14-23(28)29)22(27)12-7-13-25-24(30)31-15-21-19-10-5-3-8-17(19)18-9-4-6-11-20(18)21/h3-6,8-11,16,21H,7,12-15H2,1-2H3,(H,25,30)(H,28,29). The molecule has 0 radical (unpaired) electrons. The van der Waals surface area contributed by atoms with Crippen molar-refractivity contribution in [2.75, 3.05) is 19.7 Å². The van der Waals surface area contributed by atoms with Gasteiger partial charge in [-0.15, -0.1) is 0 Å². The monoisotopic (exact) mass is 424 g/mol. The van der Waals surface area contributed by atoms with Crippen molar-refractivity contribution < 1.29 is 24.2 Å². The average Bonchev–Trinajstić information content (AvgIpc) is 3.07. The summed E-state index contributed by atoms with van der Waals surface area (Å²) in [5.41, 5.74) is 4.63. The van der Waals surface area contributed by atoms with Gasteiger partial charge in [0, 0.05) is 24.9 Å². The Kier molecular flexibility index (Phi) is 7.28. The van der Waals surface area contributed by atoms with Gasteiger partial charge in [-0.1, -0.05) is 48.5 Å². The lowest BCUT2D eigenvalue weighted by Gasteiger charge is -2.24. The van der Waals surface area contributed by atoms with Crippen molar-refractivity contribution in [3.63, 3.8) is 0 Å². The van der Waals surface area contributed by atoms with Crippen molar-refractivity contribution in [3.8, 4) is 11.1 Å². The van der Waals surface area contributed by atoms with E-state index in [1.165, 1.54) is 16.0 Å². The van der Waals surface area contributed by atoms with E-state index in [-0.39, 0.29) is 44.0 Å². The van der Waals surface area contributed by atoms with Gasteiger partial charge in [-0.05, 0) is 42.5 Å². The maximum Gasteiger partial charge on any atom is 0.407 e. The maximum atomic E-state index is 12.2. The van der Waals surface area contributed by atoms with Crippen LogP contribution in [-0.4, -0.2) is 53.7 Å². The van der Waals surface area contributed by atoms with Crippen LogP contribution in [0, 0.1) is 0 Å². The number of fused-ring (bicyclic) bond motifs is 3. The molecule has 2 amide bonds. The predicted octanol–water partition coefficient (Wildman–Crippen LogP) is 3.63. The molecule has 0 unspecified atom stereocenters. The van der Waals surface area contributed by atoms with E-state index in [0.717, 1.165) is 11.1 Å². The zero-order valence-electron chi connectivity index (χ0n) is 17.8.